The molecule has 0 bridgehead atoms. The summed E-state index contributed by atoms with van der Waals surface area (Å²) in [4.78, 5) is 0. The Hall–Kier alpha value is 0.0569. The van der Waals surface area contributed by atoms with Crippen molar-refractivity contribution in [2.24, 2.45) is 5.73 Å². The quantitative estimate of drug-likeness (QED) is 0.478. The Morgan fingerprint density at radius 2 is 1.64 bits per heavy atom. The molecule has 5 heteroatoms. The fourth-order valence-corrected chi connectivity index (χ4v) is 1.62. The van der Waals surface area contributed by atoms with Gasteiger partial charge in [-0.05, 0) is 20.8 Å². The van der Waals surface area contributed by atoms with Crippen molar-refractivity contribution in [1.29, 1.82) is 0 Å². The molecule has 0 saturated carbocycles. The van der Waals surface area contributed by atoms with Gasteiger partial charge in [0.25, 0.3) is 0 Å². The van der Waals surface area contributed by atoms with Crippen LogP contribution in [0.3, 0.4) is 0 Å². The molecule has 4 nitrogen and oxygen atoms in total. The van der Waals surface area contributed by atoms with Crippen molar-refractivity contribution in [2.45, 2.75) is 38.8 Å². The van der Waals surface area contributed by atoms with E-state index in [-0.39, 0.29) is 5.73 Å². The van der Waals surface area contributed by atoms with Crippen LogP contribution < -0.4 is 5.73 Å². The van der Waals surface area contributed by atoms with E-state index in [0.29, 0.717) is 26.2 Å². The molecule has 1 atom stereocenters. The molecule has 0 aromatic carbocycles. The van der Waals surface area contributed by atoms with Crippen molar-refractivity contribution < 1.29 is 14.2 Å². The summed E-state index contributed by atoms with van der Waals surface area (Å²) in [7, 11) is 3.40. The van der Waals surface area contributed by atoms with Crippen LogP contribution in [0.4, 0.5) is 0 Å². The molecular formula is C9H20NO3Si. The van der Waals surface area contributed by atoms with Gasteiger partial charge in [-0.1, -0.05) is 0 Å². The molecule has 14 heavy (non-hydrogen) atoms. The minimum atomic E-state index is -1.05. The first-order valence-corrected chi connectivity index (χ1v) is 5.55. The second-order valence-electron chi connectivity index (χ2n) is 2.83. The third-order valence-corrected chi connectivity index (χ3v) is 1.99. The Morgan fingerprint density at radius 3 is 2.00 bits per heavy atom. The third kappa shape index (κ3) is 5.72. The smallest absolute Gasteiger partial charge is 0.226 e. The number of ether oxygens (including phenoxy) is 3. The van der Waals surface area contributed by atoms with Gasteiger partial charge in [0, 0.05) is 32.0 Å². The van der Waals surface area contributed by atoms with Crippen molar-refractivity contribution in [3.63, 3.8) is 0 Å². The first-order chi connectivity index (χ1) is 6.58. The van der Waals surface area contributed by atoms with Crippen LogP contribution in [-0.4, -0.2) is 41.7 Å². The van der Waals surface area contributed by atoms with Gasteiger partial charge in [0.15, 0.2) is 0 Å². The van der Waals surface area contributed by atoms with E-state index < -0.39 is 5.91 Å². The van der Waals surface area contributed by atoms with E-state index in [1.165, 1.54) is 0 Å². The molecule has 0 spiro atoms. The molecule has 1 unspecified atom stereocenters. The van der Waals surface area contributed by atoms with E-state index in [1.54, 1.807) is 0 Å². The molecule has 0 rings (SSSR count). The lowest BCUT2D eigenvalue weighted by Gasteiger charge is -2.30. The largest absolute Gasteiger partial charge is 0.383 e. The first-order valence-electron chi connectivity index (χ1n) is 4.97. The molecule has 3 radical (unpaired) electrons. The second-order valence-corrected chi connectivity index (χ2v) is 3.47. The van der Waals surface area contributed by atoms with Crippen LogP contribution in [0.1, 0.15) is 27.2 Å². The van der Waals surface area contributed by atoms with Crippen LogP contribution in [0.5, 0.6) is 0 Å². The fraction of sp³-hybridized carbons (Fsp3) is 1.00. The Labute approximate surface area is 89.5 Å². The molecule has 0 aromatic heterocycles. The molecule has 0 amide bonds. The van der Waals surface area contributed by atoms with Gasteiger partial charge in [-0.25, -0.2) is 0 Å². The molecule has 83 valence electrons. The molecule has 0 saturated heterocycles. The monoisotopic (exact) mass is 218 g/mol. The standard InChI is InChI=1S/C9H20NO3Si/c1-4-11-8(14)7-9(10,12-5-2)13-6-3/h8H,4-7,10H2,1-3H3. The lowest BCUT2D eigenvalue weighted by atomic mass is 10.3. The highest BCUT2D eigenvalue weighted by Gasteiger charge is 2.28. The minimum Gasteiger partial charge on any atom is -0.383 e. The number of hydrogen-bond donors (Lipinski definition) is 1. The van der Waals surface area contributed by atoms with Crippen LogP contribution in [0, 0.1) is 0 Å². The molecule has 2 N–H and O–H groups in total. The summed E-state index contributed by atoms with van der Waals surface area (Å²) in [6, 6.07) is 0. The summed E-state index contributed by atoms with van der Waals surface area (Å²) in [6.07, 6.45) is 0.458. The summed E-state index contributed by atoms with van der Waals surface area (Å²) in [6.45, 7) is 7.34. The molecular weight excluding hydrogens is 198 g/mol. The summed E-state index contributed by atoms with van der Waals surface area (Å²) in [5.74, 6) is -1.05. The number of rotatable bonds is 8. The van der Waals surface area contributed by atoms with Gasteiger partial charge in [-0.3, -0.25) is 5.73 Å². The number of hydrogen-bond acceptors (Lipinski definition) is 4. The van der Waals surface area contributed by atoms with Crippen LogP contribution in [0.15, 0.2) is 0 Å². The zero-order valence-electron chi connectivity index (χ0n) is 9.21. The summed E-state index contributed by atoms with van der Waals surface area (Å²) >= 11 is 0. The molecule has 0 heterocycles. The lowest BCUT2D eigenvalue weighted by Crippen LogP contribution is -2.48. The van der Waals surface area contributed by atoms with Crippen LogP contribution in [0.25, 0.3) is 0 Å². The number of nitrogens with two attached hydrogens (primary N) is 1. The maximum absolute atomic E-state index is 5.89. The Balaban J connectivity index is 4.05. The van der Waals surface area contributed by atoms with E-state index >= 15 is 0 Å². The zero-order chi connectivity index (χ0) is 11.0. The molecule has 0 aliphatic carbocycles. The Bertz CT molecular complexity index is 140. The van der Waals surface area contributed by atoms with Crippen molar-refractivity contribution in [1.82, 2.24) is 0 Å². The highest BCUT2D eigenvalue weighted by molar-refractivity contribution is 6.11. The third-order valence-electron chi connectivity index (χ3n) is 1.62. The maximum Gasteiger partial charge on any atom is 0.226 e. The van der Waals surface area contributed by atoms with Gasteiger partial charge in [0.2, 0.25) is 5.91 Å². The van der Waals surface area contributed by atoms with Crippen LogP contribution in [-0.2, 0) is 14.2 Å². The predicted molar refractivity (Wildman–Crippen MR) is 56.0 cm³/mol. The van der Waals surface area contributed by atoms with Crippen molar-refractivity contribution in [2.75, 3.05) is 19.8 Å². The van der Waals surface area contributed by atoms with Gasteiger partial charge >= 0.3 is 0 Å². The predicted octanol–water partition coefficient (Wildman–Crippen LogP) is 0.593. The maximum atomic E-state index is 5.89. The van der Waals surface area contributed by atoms with E-state index in [2.05, 4.69) is 10.2 Å². The SMILES string of the molecule is CCOC([Si])CC(N)(OCC)OCC. The molecule has 0 aromatic rings. The molecule has 0 aliphatic heterocycles. The topological polar surface area (TPSA) is 53.7 Å². The van der Waals surface area contributed by atoms with Gasteiger partial charge in [0.05, 0.1) is 10.2 Å². The van der Waals surface area contributed by atoms with Crippen molar-refractivity contribution in [3.05, 3.63) is 0 Å². The first kappa shape index (κ1) is 14.1. The average molecular weight is 218 g/mol. The average Bonchev–Trinajstić information content (AvgIpc) is 2.04. The van der Waals surface area contributed by atoms with Crippen molar-refractivity contribution >= 4 is 10.2 Å². The Morgan fingerprint density at radius 1 is 1.14 bits per heavy atom. The van der Waals surface area contributed by atoms with Gasteiger partial charge in [-0.15, -0.1) is 0 Å². The van der Waals surface area contributed by atoms with E-state index in [1.807, 2.05) is 20.8 Å². The van der Waals surface area contributed by atoms with Crippen molar-refractivity contribution in [3.8, 4) is 0 Å². The summed E-state index contributed by atoms with van der Waals surface area (Å²) in [5.41, 5.74) is 5.74. The van der Waals surface area contributed by atoms with E-state index in [9.17, 15) is 0 Å². The lowest BCUT2D eigenvalue weighted by molar-refractivity contribution is -0.240. The summed E-state index contributed by atoms with van der Waals surface area (Å²) in [5, 5.41) is 0. The van der Waals surface area contributed by atoms with Gasteiger partial charge in [-0.2, -0.15) is 0 Å². The normalized spacial score (nSPS) is 14.4. The van der Waals surface area contributed by atoms with Gasteiger partial charge < -0.3 is 14.2 Å². The second kappa shape index (κ2) is 7.36. The fourth-order valence-electron chi connectivity index (χ4n) is 1.17. The van der Waals surface area contributed by atoms with Gasteiger partial charge in [0.1, 0.15) is 0 Å². The minimum absolute atomic E-state index is 0.150. The highest BCUT2D eigenvalue weighted by Crippen LogP contribution is 2.14. The zero-order valence-corrected chi connectivity index (χ0v) is 10.2. The Kier molecular flexibility index (Phi) is 7.39. The van der Waals surface area contributed by atoms with E-state index in [4.69, 9.17) is 19.9 Å². The summed E-state index contributed by atoms with van der Waals surface area (Å²) < 4.78 is 16.0. The van der Waals surface area contributed by atoms with E-state index in [0.717, 1.165) is 0 Å². The van der Waals surface area contributed by atoms with Crippen LogP contribution in [0.2, 0.25) is 0 Å². The highest BCUT2D eigenvalue weighted by atomic mass is 28.1. The molecule has 0 fully saturated rings. The molecule has 0 aliphatic rings. The van der Waals surface area contributed by atoms with Crippen LogP contribution >= 0.6 is 0 Å².